The van der Waals surface area contributed by atoms with Gasteiger partial charge >= 0.3 is 0 Å². The van der Waals surface area contributed by atoms with Crippen LogP contribution in [0.15, 0.2) is 18.2 Å². The highest BCUT2D eigenvalue weighted by Gasteiger charge is 2.17. The highest BCUT2D eigenvalue weighted by atomic mass is 16.5. The minimum atomic E-state index is 0.472. The number of ether oxygens (including phenoxy) is 2. The average Bonchev–Trinajstić information content (AvgIpc) is 2.26. The van der Waals surface area contributed by atoms with Gasteiger partial charge in [0.05, 0.1) is 19.8 Å². The van der Waals surface area contributed by atoms with E-state index in [1.54, 1.807) is 7.11 Å². The monoisotopic (exact) mass is 221 g/mol. The maximum absolute atomic E-state index is 5.75. The van der Waals surface area contributed by atoms with Crippen molar-refractivity contribution in [2.45, 2.75) is 38.5 Å². The zero-order chi connectivity index (χ0) is 11.4. The van der Waals surface area contributed by atoms with Crippen molar-refractivity contribution in [3.05, 3.63) is 29.3 Å². The van der Waals surface area contributed by atoms with E-state index in [4.69, 9.17) is 15.2 Å². The molecule has 1 aliphatic carbocycles. The Morgan fingerprint density at radius 1 is 1.38 bits per heavy atom. The van der Waals surface area contributed by atoms with E-state index < -0.39 is 0 Å². The number of methoxy groups -OCH3 is 1. The Balaban J connectivity index is 1.97. The summed E-state index contributed by atoms with van der Waals surface area (Å²) in [5.74, 6) is 0.859. The van der Waals surface area contributed by atoms with Crippen LogP contribution in [0.3, 0.4) is 0 Å². The Morgan fingerprint density at radius 3 is 2.75 bits per heavy atom. The first-order chi connectivity index (χ1) is 7.83. The van der Waals surface area contributed by atoms with E-state index in [1.807, 2.05) is 12.1 Å². The molecule has 1 aliphatic rings. The van der Waals surface area contributed by atoms with Crippen molar-refractivity contribution in [2.24, 2.45) is 5.73 Å². The van der Waals surface area contributed by atoms with Gasteiger partial charge in [0, 0.05) is 12.1 Å². The molecule has 1 aromatic carbocycles. The summed E-state index contributed by atoms with van der Waals surface area (Å²) in [7, 11) is 1.67. The molecule has 88 valence electrons. The molecule has 0 bridgehead atoms. The molecule has 0 saturated heterocycles. The first kappa shape index (κ1) is 11.4. The Bertz CT molecular complexity index is 348. The molecule has 0 aromatic heterocycles. The standard InChI is InChI=1S/C13H19NO2/c1-15-13-7-10(5-6-11(13)8-14)9-16-12-3-2-4-12/h5-7,12H,2-4,8-9,14H2,1H3. The van der Waals surface area contributed by atoms with Crippen LogP contribution in [-0.2, 0) is 17.9 Å². The molecule has 16 heavy (non-hydrogen) atoms. The zero-order valence-corrected chi connectivity index (χ0v) is 9.74. The van der Waals surface area contributed by atoms with E-state index >= 15 is 0 Å². The second-order valence-corrected chi connectivity index (χ2v) is 4.21. The van der Waals surface area contributed by atoms with Crippen molar-refractivity contribution in [2.75, 3.05) is 7.11 Å². The average molecular weight is 221 g/mol. The predicted octanol–water partition coefficient (Wildman–Crippen LogP) is 2.22. The summed E-state index contributed by atoms with van der Waals surface area (Å²) < 4.78 is 11.0. The number of hydrogen-bond donors (Lipinski definition) is 1. The van der Waals surface area contributed by atoms with Crippen molar-refractivity contribution < 1.29 is 9.47 Å². The Hall–Kier alpha value is -1.06. The van der Waals surface area contributed by atoms with Crippen molar-refractivity contribution >= 4 is 0 Å². The van der Waals surface area contributed by atoms with E-state index in [0.717, 1.165) is 16.9 Å². The van der Waals surface area contributed by atoms with Gasteiger partial charge in [0.25, 0.3) is 0 Å². The number of rotatable bonds is 5. The number of nitrogens with two attached hydrogens (primary N) is 1. The summed E-state index contributed by atoms with van der Waals surface area (Å²) in [5.41, 5.74) is 7.81. The summed E-state index contributed by atoms with van der Waals surface area (Å²) in [4.78, 5) is 0. The minimum absolute atomic E-state index is 0.472. The van der Waals surface area contributed by atoms with Gasteiger partial charge in [-0.15, -0.1) is 0 Å². The van der Waals surface area contributed by atoms with Crippen LogP contribution in [0, 0.1) is 0 Å². The van der Waals surface area contributed by atoms with E-state index in [1.165, 1.54) is 19.3 Å². The largest absolute Gasteiger partial charge is 0.496 e. The van der Waals surface area contributed by atoms with Gasteiger partial charge in [-0.25, -0.2) is 0 Å². The summed E-state index contributed by atoms with van der Waals surface area (Å²) >= 11 is 0. The lowest BCUT2D eigenvalue weighted by molar-refractivity contribution is -0.00872. The van der Waals surface area contributed by atoms with Gasteiger partial charge in [-0.1, -0.05) is 12.1 Å². The minimum Gasteiger partial charge on any atom is -0.496 e. The van der Waals surface area contributed by atoms with E-state index in [9.17, 15) is 0 Å². The second-order valence-electron chi connectivity index (χ2n) is 4.21. The lowest BCUT2D eigenvalue weighted by Crippen LogP contribution is -2.21. The van der Waals surface area contributed by atoms with Gasteiger partial charge in [-0.2, -0.15) is 0 Å². The topological polar surface area (TPSA) is 44.5 Å². The molecule has 0 heterocycles. The van der Waals surface area contributed by atoms with Crippen molar-refractivity contribution in [1.82, 2.24) is 0 Å². The normalized spacial score (nSPS) is 15.9. The molecule has 2 N–H and O–H groups in total. The van der Waals surface area contributed by atoms with Crippen molar-refractivity contribution in [3.63, 3.8) is 0 Å². The highest BCUT2D eigenvalue weighted by molar-refractivity contribution is 5.37. The molecule has 3 heteroatoms. The van der Waals surface area contributed by atoms with Gasteiger partial charge in [0.15, 0.2) is 0 Å². The molecule has 0 aliphatic heterocycles. The molecule has 0 amide bonds. The molecule has 1 saturated carbocycles. The third-order valence-corrected chi connectivity index (χ3v) is 3.11. The SMILES string of the molecule is COc1cc(COC2CCC2)ccc1CN. The lowest BCUT2D eigenvalue weighted by atomic mass is 9.96. The highest BCUT2D eigenvalue weighted by Crippen LogP contribution is 2.25. The maximum atomic E-state index is 5.75. The van der Waals surface area contributed by atoms with Gasteiger partial charge in [0.2, 0.25) is 0 Å². The van der Waals surface area contributed by atoms with Crippen LogP contribution >= 0.6 is 0 Å². The van der Waals surface area contributed by atoms with Crippen LogP contribution in [0.2, 0.25) is 0 Å². The molecule has 0 unspecified atom stereocenters. The molecule has 0 radical (unpaired) electrons. The summed E-state index contributed by atoms with van der Waals surface area (Å²) in [6.07, 6.45) is 4.19. The fraction of sp³-hybridized carbons (Fsp3) is 0.538. The van der Waals surface area contributed by atoms with Crippen LogP contribution in [0.4, 0.5) is 0 Å². The Kier molecular flexibility index (Phi) is 3.80. The van der Waals surface area contributed by atoms with E-state index in [2.05, 4.69) is 6.07 Å². The quantitative estimate of drug-likeness (QED) is 0.829. The molecule has 1 aromatic rings. The first-order valence-corrected chi connectivity index (χ1v) is 5.81. The summed E-state index contributed by atoms with van der Waals surface area (Å²) in [6, 6.07) is 6.09. The zero-order valence-electron chi connectivity index (χ0n) is 9.74. The lowest BCUT2D eigenvalue weighted by Gasteiger charge is -2.25. The second kappa shape index (κ2) is 5.32. The predicted molar refractivity (Wildman–Crippen MR) is 63.3 cm³/mol. The first-order valence-electron chi connectivity index (χ1n) is 5.81. The van der Waals surface area contributed by atoms with Gasteiger partial charge in [-0.3, -0.25) is 0 Å². The van der Waals surface area contributed by atoms with Gasteiger partial charge in [-0.05, 0) is 30.9 Å². The van der Waals surface area contributed by atoms with Crippen LogP contribution < -0.4 is 10.5 Å². The molecule has 0 atom stereocenters. The molecular formula is C13H19NO2. The smallest absolute Gasteiger partial charge is 0.123 e. The number of benzene rings is 1. The number of hydrogen-bond acceptors (Lipinski definition) is 3. The van der Waals surface area contributed by atoms with Gasteiger partial charge in [0.1, 0.15) is 5.75 Å². The third kappa shape index (κ3) is 2.54. The summed E-state index contributed by atoms with van der Waals surface area (Å²) in [5, 5.41) is 0. The molecule has 1 fully saturated rings. The maximum Gasteiger partial charge on any atom is 0.123 e. The Morgan fingerprint density at radius 2 is 2.19 bits per heavy atom. The van der Waals surface area contributed by atoms with Crippen molar-refractivity contribution in [3.8, 4) is 5.75 Å². The van der Waals surface area contributed by atoms with Crippen molar-refractivity contribution in [1.29, 1.82) is 0 Å². The van der Waals surface area contributed by atoms with Crippen LogP contribution in [-0.4, -0.2) is 13.2 Å². The van der Waals surface area contributed by atoms with Crippen LogP contribution in [0.5, 0.6) is 5.75 Å². The fourth-order valence-electron chi connectivity index (χ4n) is 1.80. The third-order valence-electron chi connectivity index (χ3n) is 3.11. The van der Waals surface area contributed by atoms with Crippen LogP contribution in [0.25, 0.3) is 0 Å². The fourth-order valence-corrected chi connectivity index (χ4v) is 1.80. The Labute approximate surface area is 96.5 Å². The molecule has 0 spiro atoms. The molecular weight excluding hydrogens is 202 g/mol. The van der Waals surface area contributed by atoms with Gasteiger partial charge < -0.3 is 15.2 Å². The summed E-state index contributed by atoms with van der Waals surface area (Å²) in [6.45, 7) is 1.18. The van der Waals surface area contributed by atoms with Crippen LogP contribution in [0.1, 0.15) is 30.4 Å². The van der Waals surface area contributed by atoms with E-state index in [-0.39, 0.29) is 0 Å². The molecule has 3 nitrogen and oxygen atoms in total. The molecule has 2 rings (SSSR count). The van der Waals surface area contributed by atoms with E-state index in [0.29, 0.717) is 19.3 Å².